The van der Waals surface area contributed by atoms with Gasteiger partial charge in [0.1, 0.15) is 5.69 Å². The lowest BCUT2D eigenvalue weighted by atomic mass is 10.0. The first-order valence-electron chi connectivity index (χ1n) is 5.50. The van der Waals surface area contributed by atoms with Gasteiger partial charge in [0, 0.05) is 24.2 Å². The molecule has 0 radical (unpaired) electrons. The number of aromatic nitrogens is 4. The molecule has 0 atom stereocenters. The number of benzene rings is 1. The van der Waals surface area contributed by atoms with Crippen molar-refractivity contribution in [3.05, 3.63) is 54.0 Å². The number of rotatable bonds is 2. The Bertz CT molecular complexity index is 727. The molecule has 0 bridgehead atoms. The second-order valence-electron chi connectivity index (χ2n) is 3.95. The maximum Gasteiger partial charge on any atom is 0.213 e. The van der Waals surface area contributed by atoms with Crippen molar-refractivity contribution in [1.82, 2.24) is 20.0 Å². The van der Waals surface area contributed by atoms with E-state index in [1.165, 1.54) is 10.9 Å². The smallest absolute Gasteiger partial charge is 0.213 e. The fraction of sp³-hybridized carbons (Fsp3) is 0.0769. The molecule has 2 heterocycles. The van der Waals surface area contributed by atoms with Gasteiger partial charge in [-0.3, -0.25) is 9.78 Å². The quantitative estimate of drug-likeness (QED) is 0.636. The molecule has 0 unspecified atom stereocenters. The molecule has 0 saturated carbocycles. The molecule has 0 fully saturated rings. The van der Waals surface area contributed by atoms with Crippen LogP contribution in [0.1, 0.15) is 16.1 Å². The molecule has 3 aromatic rings. The van der Waals surface area contributed by atoms with Gasteiger partial charge in [0.15, 0.2) is 0 Å². The Kier molecular flexibility index (Phi) is 2.37. The van der Waals surface area contributed by atoms with Crippen molar-refractivity contribution < 1.29 is 4.79 Å². The fourth-order valence-electron chi connectivity index (χ4n) is 1.93. The molecule has 5 heteroatoms. The molecule has 0 aliphatic carbocycles. The van der Waals surface area contributed by atoms with E-state index >= 15 is 0 Å². The fourth-order valence-corrected chi connectivity index (χ4v) is 1.93. The van der Waals surface area contributed by atoms with E-state index in [2.05, 4.69) is 15.3 Å². The lowest BCUT2D eigenvalue weighted by Gasteiger charge is -2.04. The first-order chi connectivity index (χ1) is 8.77. The van der Waals surface area contributed by atoms with Crippen LogP contribution < -0.4 is 0 Å². The Morgan fingerprint density at radius 2 is 2.06 bits per heavy atom. The van der Waals surface area contributed by atoms with E-state index in [1.54, 1.807) is 19.3 Å². The number of carbonyl (C=O) groups is 1. The first kappa shape index (κ1) is 10.6. The molecule has 5 nitrogen and oxygen atoms in total. The molecule has 2 aromatic heterocycles. The Morgan fingerprint density at radius 1 is 1.22 bits per heavy atom. The number of aryl methyl sites for hydroxylation is 1. The Balaban J connectivity index is 2.21. The van der Waals surface area contributed by atoms with Gasteiger partial charge in [0.05, 0.1) is 11.7 Å². The average Bonchev–Trinajstić information content (AvgIpc) is 2.83. The molecule has 88 valence electrons. The summed E-state index contributed by atoms with van der Waals surface area (Å²) >= 11 is 0. The topological polar surface area (TPSA) is 60.7 Å². The van der Waals surface area contributed by atoms with Gasteiger partial charge in [0.25, 0.3) is 0 Å². The highest BCUT2D eigenvalue weighted by molar-refractivity contribution is 6.14. The highest BCUT2D eigenvalue weighted by atomic mass is 16.1. The summed E-state index contributed by atoms with van der Waals surface area (Å²) in [6, 6.07) is 9.28. The second-order valence-corrected chi connectivity index (χ2v) is 3.95. The van der Waals surface area contributed by atoms with Crippen LogP contribution in [0, 0.1) is 0 Å². The summed E-state index contributed by atoms with van der Waals surface area (Å²) in [6.07, 6.45) is 3.11. The second kappa shape index (κ2) is 4.03. The van der Waals surface area contributed by atoms with E-state index in [0.29, 0.717) is 11.3 Å². The Hall–Kier alpha value is -2.56. The standard InChI is InChI=1S/C13H10N4O/c1-17-12(8-15-16-17)13(18)10-6-7-14-11-5-3-2-4-9(10)11/h2-8H,1H3. The summed E-state index contributed by atoms with van der Waals surface area (Å²) in [5, 5.41) is 8.34. The van der Waals surface area contributed by atoms with Gasteiger partial charge < -0.3 is 0 Å². The minimum absolute atomic E-state index is 0.0962. The number of para-hydroxylation sites is 1. The van der Waals surface area contributed by atoms with Crippen molar-refractivity contribution in [3.8, 4) is 0 Å². The van der Waals surface area contributed by atoms with Crippen molar-refractivity contribution in [2.24, 2.45) is 7.05 Å². The highest BCUT2D eigenvalue weighted by Gasteiger charge is 2.16. The summed E-state index contributed by atoms with van der Waals surface area (Å²) in [7, 11) is 1.70. The molecule has 0 spiro atoms. The van der Waals surface area contributed by atoms with Crippen molar-refractivity contribution in [1.29, 1.82) is 0 Å². The van der Waals surface area contributed by atoms with Crippen LogP contribution in [0.2, 0.25) is 0 Å². The lowest BCUT2D eigenvalue weighted by molar-refractivity contribution is 0.103. The van der Waals surface area contributed by atoms with Gasteiger partial charge in [-0.15, -0.1) is 5.10 Å². The maximum absolute atomic E-state index is 12.4. The van der Waals surface area contributed by atoms with Crippen LogP contribution in [0.3, 0.4) is 0 Å². The zero-order valence-corrected chi connectivity index (χ0v) is 9.74. The minimum Gasteiger partial charge on any atom is -0.287 e. The van der Waals surface area contributed by atoms with Crippen LogP contribution in [0.5, 0.6) is 0 Å². The normalized spacial score (nSPS) is 10.7. The molecule has 0 N–H and O–H groups in total. The molecular formula is C13H10N4O. The van der Waals surface area contributed by atoms with Crippen molar-refractivity contribution in [2.45, 2.75) is 0 Å². The van der Waals surface area contributed by atoms with E-state index in [4.69, 9.17) is 0 Å². The summed E-state index contributed by atoms with van der Waals surface area (Å²) in [5.74, 6) is -0.0962. The SMILES string of the molecule is Cn1nncc1C(=O)c1ccnc2ccccc12. The zero-order chi connectivity index (χ0) is 12.5. The monoisotopic (exact) mass is 238 g/mol. The van der Waals surface area contributed by atoms with E-state index in [1.807, 2.05) is 24.3 Å². The number of pyridine rings is 1. The summed E-state index contributed by atoms with van der Waals surface area (Å²) in [4.78, 5) is 16.7. The number of ketones is 1. The van der Waals surface area contributed by atoms with Gasteiger partial charge in [-0.25, -0.2) is 4.68 Å². The predicted octanol–water partition coefficient (Wildman–Crippen LogP) is 1.59. The molecule has 18 heavy (non-hydrogen) atoms. The van der Waals surface area contributed by atoms with Crippen LogP contribution in [-0.2, 0) is 7.05 Å². The minimum atomic E-state index is -0.0962. The third kappa shape index (κ3) is 1.57. The third-order valence-corrected chi connectivity index (χ3v) is 2.84. The van der Waals surface area contributed by atoms with E-state index in [0.717, 1.165) is 10.9 Å². The summed E-state index contributed by atoms with van der Waals surface area (Å²) < 4.78 is 1.47. The summed E-state index contributed by atoms with van der Waals surface area (Å²) in [5.41, 5.74) is 1.89. The predicted molar refractivity (Wildman–Crippen MR) is 66.2 cm³/mol. The van der Waals surface area contributed by atoms with Crippen LogP contribution in [-0.4, -0.2) is 25.8 Å². The molecule has 0 aliphatic rings. The molecule has 0 amide bonds. The first-order valence-corrected chi connectivity index (χ1v) is 5.50. The Labute approximate surface area is 103 Å². The number of fused-ring (bicyclic) bond motifs is 1. The van der Waals surface area contributed by atoms with Crippen LogP contribution >= 0.6 is 0 Å². The third-order valence-electron chi connectivity index (χ3n) is 2.84. The van der Waals surface area contributed by atoms with E-state index in [-0.39, 0.29) is 5.78 Å². The number of hydrogen-bond donors (Lipinski definition) is 0. The van der Waals surface area contributed by atoms with Gasteiger partial charge in [-0.2, -0.15) is 0 Å². The van der Waals surface area contributed by atoms with E-state index in [9.17, 15) is 4.79 Å². The van der Waals surface area contributed by atoms with Crippen molar-refractivity contribution >= 4 is 16.7 Å². The molecule has 0 aliphatic heterocycles. The van der Waals surface area contributed by atoms with Gasteiger partial charge in [-0.05, 0) is 12.1 Å². The summed E-state index contributed by atoms with van der Waals surface area (Å²) in [6.45, 7) is 0. The highest BCUT2D eigenvalue weighted by Crippen LogP contribution is 2.18. The van der Waals surface area contributed by atoms with Crippen LogP contribution in [0.4, 0.5) is 0 Å². The Morgan fingerprint density at radius 3 is 2.83 bits per heavy atom. The maximum atomic E-state index is 12.4. The van der Waals surface area contributed by atoms with Crippen LogP contribution in [0.15, 0.2) is 42.7 Å². The number of hydrogen-bond acceptors (Lipinski definition) is 4. The zero-order valence-electron chi connectivity index (χ0n) is 9.74. The number of carbonyl (C=O) groups excluding carboxylic acids is 1. The molecule has 1 aromatic carbocycles. The van der Waals surface area contributed by atoms with Gasteiger partial charge in [0.2, 0.25) is 5.78 Å². The van der Waals surface area contributed by atoms with Crippen molar-refractivity contribution in [3.63, 3.8) is 0 Å². The average molecular weight is 238 g/mol. The van der Waals surface area contributed by atoms with E-state index < -0.39 is 0 Å². The molecular weight excluding hydrogens is 228 g/mol. The van der Waals surface area contributed by atoms with Crippen LogP contribution in [0.25, 0.3) is 10.9 Å². The van der Waals surface area contributed by atoms with Crippen molar-refractivity contribution in [2.75, 3.05) is 0 Å². The van der Waals surface area contributed by atoms with Gasteiger partial charge >= 0.3 is 0 Å². The molecule has 0 saturated heterocycles. The van der Waals surface area contributed by atoms with Gasteiger partial charge in [-0.1, -0.05) is 23.4 Å². The largest absolute Gasteiger partial charge is 0.287 e. The lowest BCUT2D eigenvalue weighted by Crippen LogP contribution is -2.08. The molecule has 3 rings (SSSR count). The number of nitrogens with zero attached hydrogens (tertiary/aromatic N) is 4.